The summed E-state index contributed by atoms with van der Waals surface area (Å²) in [6.45, 7) is 7.54. The van der Waals surface area contributed by atoms with Gasteiger partial charge in [-0.25, -0.2) is 4.98 Å². The summed E-state index contributed by atoms with van der Waals surface area (Å²) in [4.78, 5) is 9.79. The molecule has 2 N–H and O–H groups in total. The fourth-order valence-corrected chi connectivity index (χ4v) is 2.80. The molecule has 0 aliphatic carbocycles. The number of aryl methyl sites for hydroxylation is 1. The standard InChI is InChI=1S/C13H22N4S2.HI/c1-4-8-18-9-7-16-13(14-3)15-6-5-12-17-10-11(2)19-12;/h4,10H,1,5-9H2,2-3H3,(H2,14,15,16);1H. The topological polar surface area (TPSA) is 49.3 Å². The number of thiazole rings is 1. The molecule has 0 aliphatic rings. The van der Waals surface area contributed by atoms with E-state index in [0.29, 0.717) is 0 Å². The molecular formula is C13H23IN4S2. The van der Waals surface area contributed by atoms with Gasteiger partial charge in [0.15, 0.2) is 5.96 Å². The van der Waals surface area contributed by atoms with Crippen molar-refractivity contribution in [1.29, 1.82) is 0 Å². The first-order valence-electron chi connectivity index (χ1n) is 6.30. The summed E-state index contributed by atoms with van der Waals surface area (Å²) in [7, 11) is 1.79. The van der Waals surface area contributed by atoms with Crippen LogP contribution in [0.5, 0.6) is 0 Å². The van der Waals surface area contributed by atoms with Crippen LogP contribution >= 0.6 is 47.1 Å². The van der Waals surface area contributed by atoms with E-state index in [1.165, 1.54) is 9.88 Å². The number of nitrogens with one attached hydrogen (secondary N) is 2. The molecule has 0 bridgehead atoms. The molecule has 1 heterocycles. The minimum absolute atomic E-state index is 0. The lowest BCUT2D eigenvalue weighted by molar-refractivity contribution is 0.808. The molecule has 0 atom stereocenters. The van der Waals surface area contributed by atoms with Crippen molar-refractivity contribution in [2.45, 2.75) is 13.3 Å². The summed E-state index contributed by atoms with van der Waals surface area (Å²) in [5.74, 6) is 2.91. The predicted molar refractivity (Wildman–Crippen MR) is 103 cm³/mol. The Morgan fingerprint density at radius 2 is 2.25 bits per heavy atom. The molecule has 0 fully saturated rings. The minimum Gasteiger partial charge on any atom is -0.356 e. The first-order valence-corrected chi connectivity index (χ1v) is 8.28. The van der Waals surface area contributed by atoms with Crippen molar-refractivity contribution in [1.82, 2.24) is 15.6 Å². The molecule has 0 amide bonds. The molecule has 0 saturated heterocycles. The van der Waals surface area contributed by atoms with Crippen LogP contribution in [0, 0.1) is 6.92 Å². The Morgan fingerprint density at radius 1 is 1.50 bits per heavy atom. The smallest absolute Gasteiger partial charge is 0.191 e. The van der Waals surface area contributed by atoms with Gasteiger partial charge >= 0.3 is 0 Å². The highest BCUT2D eigenvalue weighted by molar-refractivity contribution is 14.0. The third kappa shape index (κ3) is 8.80. The SMILES string of the molecule is C=CCSCCNC(=NC)NCCc1ncc(C)s1.I. The molecule has 0 unspecified atom stereocenters. The van der Waals surface area contributed by atoms with Crippen LogP contribution in [0.4, 0.5) is 0 Å². The molecule has 1 aromatic rings. The van der Waals surface area contributed by atoms with E-state index in [1.54, 1.807) is 18.4 Å². The average molecular weight is 426 g/mol. The van der Waals surface area contributed by atoms with E-state index in [4.69, 9.17) is 0 Å². The van der Waals surface area contributed by atoms with Gasteiger partial charge in [-0.05, 0) is 6.92 Å². The monoisotopic (exact) mass is 426 g/mol. The van der Waals surface area contributed by atoms with E-state index < -0.39 is 0 Å². The van der Waals surface area contributed by atoms with E-state index in [9.17, 15) is 0 Å². The molecule has 7 heteroatoms. The van der Waals surface area contributed by atoms with Crippen LogP contribution in [0.3, 0.4) is 0 Å². The van der Waals surface area contributed by atoms with Crippen molar-refractivity contribution in [2.24, 2.45) is 4.99 Å². The van der Waals surface area contributed by atoms with Crippen molar-refractivity contribution in [3.63, 3.8) is 0 Å². The van der Waals surface area contributed by atoms with E-state index >= 15 is 0 Å². The quantitative estimate of drug-likeness (QED) is 0.221. The molecule has 1 rings (SSSR count). The van der Waals surface area contributed by atoms with Crippen molar-refractivity contribution in [3.8, 4) is 0 Å². The number of thioether (sulfide) groups is 1. The third-order valence-electron chi connectivity index (χ3n) is 2.30. The molecule has 0 saturated carbocycles. The Bertz CT molecular complexity index is 407. The summed E-state index contributed by atoms with van der Waals surface area (Å²) in [6, 6.07) is 0. The minimum atomic E-state index is 0. The van der Waals surface area contributed by atoms with E-state index in [1.807, 2.05) is 24.0 Å². The van der Waals surface area contributed by atoms with Crippen molar-refractivity contribution < 1.29 is 0 Å². The highest BCUT2D eigenvalue weighted by Gasteiger charge is 2.00. The number of aromatic nitrogens is 1. The lowest BCUT2D eigenvalue weighted by Gasteiger charge is -2.10. The van der Waals surface area contributed by atoms with Crippen LogP contribution in [0.25, 0.3) is 0 Å². The summed E-state index contributed by atoms with van der Waals surface area (Å²) >= 11 is 3.61. The van der Waals surface area contributed by atoms with Crippen LogP contribution < -0.4 is 10.6 Å². The van der Waals surface area contributed by atoms with E-state index in [0.717, 1.165) is 37.0 Å². The van der Waals surface area contributed by atoms with Gasteiger partial charge in [-0.1, -0.05) is 6.08 Å². The average Bonchev–Trinajstić information content (AvgIpc) is 2.82. The molecule has 0 radical (unpaired) electrons. The number of guanidine groups is 1. The number of halogens is 1. The van der Waals surface area contributed by atoms with Gasteiger partial charge in [-0.3, -0.25) is 4.99 Å². The number of nitrogens with zero attached hydrogens (tertiary/aromatic N) is 2. The number of rotatable bonds is 8. The van der Waals surface area contributed by atoms with Crippen LogP contribution in [0.2, 0.25) is 0 Å². The molecule has 20 heavy (non-hydrogen) atoms. The summed E-state index contributed by atoms with van der Waals surface area (Å²) in [6.07, 6.45) is 4.78. The van der Waals surface area contributed by atoms with Crippen molar-refractivity contribution in [2.75, 3.05) is 31.6 Å². The maximum Gasteiger partial charge on any atom is 0.191 e. The van der Waals surface area contributed by atoms with Crippen LogP contribution in [-0.2, 0) is 6.42 Å². The molecule has 0 spiro atoms. The molecule has 0 aromatic carbocycles. The second-order valence-corrected chi connectivity index (χ2v) is 6.37. The van der Waals surface area contributed by atoms with Gasteiger partial charge in [0.05, 0.1) is 5.01 Å². The maximum atomic E-state index is 4.34. The van der Waals surface area contributed by atoms with Crippen LogP contribution in [0.1, 0.15) is 9.88 Å². The first kappa shape index (κ1) is 19.7. The summed E-state index contributed by atoms with van der Waals surface area (Å²) < 4.78 is 0. The van der Waals surface area contributed by atoms with Crippen LogP contribution in [0.15, 0.2) is 23.8 Å². The number of aliphatic imine (C=N–C) groups is 1. The summed E-state index contributed by atoms with van der Waals surface area (Å²) in [5, 5.41) is 7.75. The van der Waals surface area contributed by atoms with E-state index in [2.05, 4.69) is 34.1 Å². The Kier molecular flexibility index (Phi) is 12.3. The lowest BCUT2D eigenvalue weighted by atomic mass is 10.4. The van der Waals surface area contributed by atoms with Crippen molar-refractivity contribution in [3.05, 3.63) is 28.7 Å². The number of hydrogen-bond acceptors (Lipinski definition) is 4. The first-order chi connectivity index (χ1) is 9.26. The zero-order valence-corrected chi connectivity index (χ0v) is 16.0. The Balaban J connectivity index is 0.00000361. The fourth-order valence-electron chi connectivity index (χ4n) is 1.43. The van der Waals surface area contributed by atoms with E-state index in [-0.39, 0.29) is 24.0 Å². The van der Waals surface area contributed by atoms with Crippen molar-refractivity contribution >= 4 is 53.0 Å². The maximum absolute atomic E-state index is 4.34. The molecule has 1 aromatic heterocycles. The Labute approximate surface area is 147 Å². The van der Waals surface area contributed by atoms with Gasteiger partial charge in [0.2, 0.25) is 0 Å². The van der Waals surface area contributed by atoms with Gasteiger partial charge in [-0.15, -0.1) is 41.9 Å². The lowest BCUT2D eigenvalue weighted by Crippen LogP contribution is -2.39. The third-order valence-corrected chi connectivity index (χ3v) is 4.24. The zero-order valence-electron chi connectivity index (χ0n) is 12.0. The summed E-state index contributed by atoms with van der Waals surface area (Å²) in [5.41, 5.74) is 0. The molecule has 114 valence electrons. The van der Waals surface area contributed by atoms with Gasteiger partial charge < -0.3 is 10.6 Å². The van der Waals surface area contributed by atoms with Gasteiger partial charge in [-0.2, -0.15) is 11.8 Å². The van der Waals surface area contributed by atoms with Gasteiger partial charge in [0, 0.05) is 49.1 Å². The molecule has 4 nitrogen and oxygen atoms in total. The number of hydrogen-bond donors (Lipinski definition) is 2. The molecular weight excluding hydrogens is 403 g/mol. The predicted octanol–water partition coefficient (Wildman–Crippen LogP) is 2.70. The highest BCUT2D eigenvalue weighted by Crippen LogP contribution is 2.10. The van der Waals surface area contributed by atoms with Gasteiger partial charge in [0.25, 0.3) is 0 Å². The van der Waals surface area contributed by atoms with Crippen LogP contribution in [-0.4, -0.2) is 42.6 Å². The largest absolute Gasteiger partial charge is 0.356 e. The second-order valence-electron chi connectivity index (χ2n) is 3.90. The molecule has 0 aliphatic heterocycles. The normalized spacial score (nSPS) is 10.8. The Hall–Kier alpha value is -0.280. The second kappa shape index (κ2) is 12.5. The Morgan fingerprint density at radius 3 is 2.85 bits per heavy atom. The fraction of sp³-hybridized carbons (Fsp3) is 0.538. The zero-order chi connectivity index (χ0) is 13.9. The van der Waals surface area contributed by atoms with Gasteiger partial charge in [0.1, 0.15) is 0 Å². The highest BCUT2D eigenvalue weighted by atomic mass is 127.